The first-order valence-corrected chi connectivity index (χ1v) is 6.69. The molecular formula is C14H21N3O2S. The number of carbonyl (C=O) groups is 1. The van der Waals surface area contributed by atoms with Crippen molar-refractivity contribution in [3.05, 3.63) is 35.4 Å². The average molecular weight is 295 g/mol. The van der Waals surface area contributed by atoms with Gasteiger partial charge >= 0.3 is 0 Å². The molecule has 0 radical (unpaired) electrons. The van der Waals surface area contributed by atoms with E-state index in [1.165, 1.54) is 0 Å². The van der Waals surface area contributed by atoms with Crippen LogP contribution in [-0.2, 0) is 11.3 Å². The summed E-state index contributed by atoms with van der Waals surface area (Å²) in [5, 5.41) is 3.42. The molecule has 1 aromatic rings. The van der Waals surface area contributed by atoms with Gasteiger partial charge in [0.1, 0.15) is 0 Å². The smallest absolute Gasteiger partial charge is 0.269 e. The second kappa shape index (κ2) is 7.21. The standard InChI is InChI=1S/C14H21N3O2S/c1-14(2,3)15-13(20)17-16-12(18)11-7-5-6-10(8-11)9-19-4/h5-8H,9H2,1-4H3,(H,16,18)(H2,15,17,20). The Morgan fingerprint density at radius 2 is 2.00 bits per heavy atom. The molecule has 1 amide bonds. The third kappa shape index (κ3) is 5.99. The largest absolute Gasteiger partial charge is 0.380 e. The molecular weight excluding hydrogens is 274 g/mol. The Morgan fingerprint density at radius 3 is 2.60 bits per heavy atom. The quantitative estimate of drug-likeness (QED) is 0.586. The van der Waals surface area contributed by atoms with Crippen molar-refractivity contribution in [2.24, 2.45) is 0 Å². The number of methoxy groups -OCH3 is 1. The van der Waals surface area contributed by atoms with Crippen molar-refractivity contribution < 1.29 is 9.53 Å². The lowest BCUT2D eigenvalue weighted by Crippen LogP contribution is -2.52. The molecule has 1 rings (SSSR count). The molecule has 0 heterocycles. The highest BCUT2D eigenvalue weighted by atomic mass is 32.1. The number of thiocarbonyl (C=S) groups is 1. The predicted molar refractivity (Wildman–Crippen MR) is 83.2 cm³/mol. The van der Waals surface area contributed by atoms with Crippen molar-refractivity contribution in [1.82, 2.24) is 16.2 Å². The lowest BCUT2D eigenvalue weighted by atomic mass is 10.1. The van der Waals surface area contributed by atoms with E-state index in [0.717, 1.165) is 5.56 Å². The van der Waals surface area contributed by atoms with Gasteiger partial charge in [0.25, 0.3) is 5.91 Å². The van der Waals surface area contributed by atoms with E-state index in [0.29, 0.717) is 17.3 Å². The van der Waals surface area contributed by atoms with E-state index >= 15 is 0 Å². The number of carbonyl (C=O) groups excluding carboxylic acids is 1. The van der Waals surface area contributed by atoms with E-state index < -0.39 is 0 Å². The number of benzene rings is 1. The van der Waals surface area contributed by atoms with E-state index in [1.54, 1.807) is 19.2 Å². The number of hydrazine groups is 1. The first-order chi connectivity index (χ1) is 9.31. The first kappa shape index (κ1) is 16.4. The Hall–Kier alpha value is -1.66. The number of ether oxygens (including phenoxy) is 1. The molecule has 5 nitrogen and oxygen atoms in total. The van der Waals surface area contributed by atoms with Gasteiger partial charge in [-0.15, -0.1) is 0 Å². The Morgan fingerprint density at radius 1 is 1.30 bits per heavy atom. The van der Waals surface area contributed by atoms with E-state index in [4.69, 9.17) is 17.0 Å². The summed E-state index contributed by atoms with van der Waals surface area (Å²) in [5.41, 5.74) is 6.56. The van der Waals surface area contributed by atoms with Crippen molar-refractivity contribution in [2.75, 3.05) is 7.11 Å². The van der Waals surface area contributed by atoms with Crippen LogP contribution in [0.5, 0.6) is 0 Å². The maximum absolute atomic E-state index is 12.0. The van der Waals surface area contributed by atoms with Crippen LogP contribution in [0.4, 0.5) is 0 Å². The van der Waals surface area contributed by atoms with Crippen LogP contribution in [0.3, 0.4) is 0 Å². The maximum Gasteiger partial charge on any atom is 0.269 e. The van der Waals surface area contributed by atoms with E-state index in [-0.39, 0.29) is 11.4 Å². The third-order valence-electron chi connectivity index (χ3n) is 2.28. The summed E-state index contributed by atoms with van der Waals surface area (Å²) in [6, 6.07) is 7.23. The minimum absolute atomic E-state index is 0.160. The van der Waals surface area contributed by atoms with Crippen LogP contribution in [0.2, 0.25) is 0 Å². The second-order valence-corrected chi connectivity index (χ2v) is 5.82. The number of nitrogens with one attached hydrogen (secondary N) is 3. The highest BCUT2D eigenvalue weighted by Crippen LogP contribution is 2.06. The molecule has 0 aromatic heterocycles. The molecule has 3 N–H and O–H groups in total. The van der Waals surface area contributed by atoms with Gasteiger partial charge in [-0.05, 0) is 50.7 Å². The molecule has 110 valence electrons. The van der Waals surface area contributed by atoms with Gasteiger partial charge in [0.05, 0.1) is 6.61 Å². The lowest BCUT2D eigenvalue weighted by Gasteiger charge is -2.23. The topological polar surface area (TPSA) is 62.4 Å². The highest BCUT2D eigenvalue weighted by molar-refractivity contribution is 7.80. The van der Waals surface area contributed by atoms with Crippen LogP contribution >= 0.6 is 12.2 Å². The first-order valence-electron chi connectivity index (χ1n) is 6.28. The zero-order chi connectivity index (χ0) is 15.2. The molecule has 0 unspecified atom stereocenters. The lowest BCUT2D eigenvalue weighted by molar-refractivity contribution is 0.0943. The number of hydrogen-bond donors (Lipinski definition) is 3. The number of amides is 1. The zero-order valence-corrected chi connectivity index (χ0v) is 13.1. The van der Waals surface area contributed by atoms with Crippen molar-refractivity contribution >= 4 is 23.2 Å². The van der Waals surface area contributed by atoms with Crippen LogP contribution in [0.1, 0.15) is 36.7 Å². The molecule has 1 aromatic carbocycles. The Bertz CT molecular complexity index is 484. The minimum Gasteiger partial charge on any atom is -0.380 e. The molecule has 0 aliphatic carbocycles. The summed E-state index contributed by atoms with van der Waals surface area (Å²) < 4.78 is 5.04. The fourth-order valence-electron chi connectivity index (χ4n) is 1.53. The molecule has 6 heteroatoms. The Kier molecular flexibility index (Phi) is 5.91. The molecule has 0 saturated heterocycles. The van der Waals surface area contributed by atoms with Gasteiger partial charge in [0.15, 0.2) is 5.11 Å². The van der Waals surface area contributed by atoms with Gasteiger partial charge < -0.3 is 10.1 Å². The van der Waals surface area contributed by atoms with Gasteiger partial charge in [-0.3, -0.25) is 15.6 Å². The number of hydrogen-bond acceptors (Lipinski definition) is 3. The molecule has 0 saturated carbocycles. The zero-order valence-electron chi connectivity index (χ0n) is 12.2. The van der Waals surface area contributed by atoms with Gasteiger partial charge in [-0.2, -0.15) is 0 Å². The van der Waals surface area contributed by atoms with Crippen LogP contribution in [-0.4, -0.2) is 23.7 Å². The molecule has 0 aliphatic heterocycles. The van der Waals surface area contributed by atoms with E-state index in [1.807, 2.05) is 32.9 Å². The molecule has 0 bridgehead atoms. The normalized spacial score (nSPS) is 10.8. The van der Waals surface area contributed by atoms with Crippen LogP contribution < -0.4 is 16.2 Å². The van der Waals surface area contributed by atoms with Gasteiger partial charge in [-0.25, -0.2) is 0 Å². The van der Waals surface area contributed by atoms with E-state index in [2.05, 4.69) is 16.2 Å². The number of rotatable bonds is 3. The maximum atomic E-state index is 12.0. The summed E-state index contributed by atoms with van der Waals surface area (Å²) in [6.07, 6.45) is 0. The summed E-state index contributed by atoms with van der Waals surface area (Å²) in [5.74, 6) is -0.249. The Labute approximate surface area is 125 Å². The van der Waals surface area contributed by atoms with Gasteiger partial charge in [-0.1, -0.05) is 12.1 Å². The fraction of sp³-hybridized carbons (Fsp3) is 0.429. The molecule has 0 atom stereocenters. The molecule has 0 spiro atoms. The fourth-order valence-corrected chi connectivity index (χ4v) is 1.88. The Balaban J connectivity index is 2.54. The van der Waals surface area contributed by atoms with Crippen molar-refractivity contribution in [2.45, 2.75) is 32.9 Å². The SMILES string of the molecule is COCc1cccc(C(=O)NNC(=S)NC(C)(C)C)c1. The monoisotopic (exact) mass is 295 g/mol. The summed E-state index contributed by atoms with van der Waals surface area (Å²) in [7, 11) is 1.62. The van der Waals surface area contributed by atoms with Gasteiger partial charge in [0, 0.05) is 18.2 Å². The van der Waals surface area contributed by atoms with Crippen molar-refractivity contribution in [3.63, 3.8) is 0 Å². The molecule has 0 fully saturated rings. The third-order valence-corrected chi connectivity index (χ3v) is 2.48. The van der Waals surface area contributed by atoms with Gasteiger partial charge in [0.2, 0.25) is 0 Å². The van der Waals surface area contributed by atoms with Crippen molar-refractivity contribution in [1.29, 1.82) is 0 Å². The highest BCUT2D eigenvalue weighted by Gasteiger charge is 2.12. The molecule has 20 heavy (non-hydrogen) atoms. The van der Waals surface area contributed by atoms with E-state index in [9.17, 15) is 4.79 Å². The van der Waals surface area contributed by atoms with Crippen LogP contribution in [0.15, 0.2) is 24.3 Å². The molecule has 0 aliphatic rings. The second-order valence-electron chi connectivity index (χ2n) is 5.42. The van der Waals surface area contributed by atoms with Crippen LogP contribution in [0, 0.1) is 0 Å². The summed E-state index contributed by atoms with van der Waals surface area (Å²) in [6.45, 7) is 6.42. The van der Waals surface area contributed by atoms with Crippen LogP contribution in [0.25, 0.3) is 0 Å². The van der Waals surface area contributed by atoms with Crippen molar-refractivity contribution in [3.8, 4) is 0 Å². The average Bonchev–Trinajstić information content (AvgIpc) is 2.34. The minimum atomic E-state index is -0.249. The summed E-state index contributed by atoms with van der Waals surface area (Å²) in [4.78, 5) is 12.0. The summed E-state index contributed by atoms with van der Waals surface area (Å²) >= 11 is 5.08. The predicted octanol–water partition coefficient (Wildman–Crippen LogP) is 1.74.